The Balaban J connectivity index is 1.60. The third kappa shape index (κ3) is 3.16. The number of hydrogen-bond acceptors (Lipinski definition) is 5. The van der Waals surface area contributed by atoms with Crippen LogP contribution in [-0.4, -0.2) is 75.1 Å². The smallest absolute Gasteiger partial charge is 0.315 e. The molecule has 6 heteroatoms. The number of carboxylic acids is 1. The molecule has 2 fully saturated rings. The second-order valence-electron chi connectivity index (χ2n) is 4.71. The van der Waals surface area contributed by atoms with Crippen LogP contribution in [0.2, 0.25) is 0 Å². The number of hydrogen-bond donors (Lipinski definition) is 2. The van der Waals surface area contributed by atoms with Crippen LogP contribution in [0, 0.1) is 5.41 Å². The van der Waals surface area contributed by atoms with Gasteiger partial charge >= 0.3 is 5.97 Å². The van der Waals surface area contributed by atoms with Crippen LogP contribution in [0.1, 0.15) is 0 Å². The molecular weight excluding hydrogens is 224 g/mol. The van der Waals surface area contributed by atoms with Gasteiger partial charge in [0.2, 0.25) is 0 Å². The molecule has 2 N–H and O–H groups in total. The zero-order valence-corrected chi connectivity index (χ0v) is 9.98. The number of carbonyl (C=O) groups is 1. The average molecular weight is 244 g/mol. The van der Waals surface area contributed by atoms with Gasteiger partial charge in [0.15, 0.2) is 0 Å². The molecule has 0 aromatic rings. The highest BCUT2D eigenvalue weighted by molar-refractivity contribution is 5.76. The standard InChI is InChI=1S/C11H20N2O4/c14-10(15)11(8-17-9-11)7-12-1-2-13-3-5-16-6-4-13/h12H,1-9H2,(H,14,15). The van der Waals surface area contributed by atoms with Crippen molar-refractivity contribution in [3.05, 3.63) is 0 Å². The van der Waals surface area contributed by atoms with E-state index in [1.54, 1.807) is 0 Å². The van der Waals surface area contributed by atoms with Crippen LogP contribution in [0.15, 0.2) is 0 Å². The highest BCUT2D eigenvalue weighted by atomic mass is 16.5. The van der Waals surface area contributed by atoms with E-state index in [1.807, 2.05) is 0 Å². The maximum Gasteiger partial charge on any atom is 0.315 e. The Labute approximate surface area is 101 Å². The summed E-state index contributed by atoms with van der Waals surface area (Å²) in [7, 11) is 0. The molecule has 98 valence electrons. The van der Waals surface area contributed by atoms with Crippen molar-refractivity contribution in [1.29, 1.82) is 0 Å². The Morgan fingerprint density at radius 1 is 1.29 bits per heavy atom. The second-order valence-corrected chi connectivity index (χ2v) is 4.71. The number of aliphatic carboxylic acids is 1. The fourth-order valence-corrected chi connectivity index (χ4v) is 2.04. The third-order valence-corrected chi connectivity index (χ3v) is 3.38. The molecule has 17 heavy (non-hydrogen) atoms. The van der Waals surface area contributed by atoms with Gasteiger partial charge in [-0.3, -0.25) is 9.69 Å². The Kier molecular flexibility index (Phi) is 4.33. The van der Waals surface area contributed by atoms with Gasteiger partial charge in [0.1, 0.15) is 5.41 Å². The Morgan fingerprint density at radius 3 is 2.53 bits per heavy atom. The molecule has 0 aromatic carbocycles. The predicted octanol–water partition coefficient (Wildman–Crippen LogP) is -0.991. The van der Waals surface area contributed by atoms with Gasteiger partial charge in [-0.05, 0) is 0 Å². The molecule has 0 unspecified atom stereocenters. The summed E-state index contributed by atoms with van der Waals surface area (Å²) in [6.45, 7) is 6.44. The van der Waals surface area contributed by atoms with E-state index < -0.39 is 11.4 Å². The second kappa shape index (κ2) is 5.77. The van der Waals surface area contributed by atoms with Crippen molar-refractivity contribution in [3.8, 4) is 0 Å². The number of rotatable bonds is 6. The monoisotopic (exact) mass is 244 g/mol. The van der Waals surface area contributed by atoms with E-state index in [0.717, 1.165) is 39.4 Å². The molecule has 6 nitrogen and oxygen atoms in total. The number of morpholine rings is 1. The van der Waals surface area contributed by atoms with Crippen molar-refractivity contribution >= 4 is 5.97 Å². The van der Waals surface area contributed by atoms with Crippen LogP contribution in [0.3, 0.4) is 0 Å². The molecule has 0 radical (unpaired) electrons. The van der Waals surface area contributed by atoms with Crippen LogP contribution < -0.4 is 5.32 Å². The number of ether oxygens (including phenoxy) is 2. The first kappa shape index (κ1) is 12.8. The van der Waals surface area contributed by atoms with E-state index in [0.29, 0.717) is 19.8 Å². The van der Waals surface area contributed by atoms with Gasteiger partial charge in [0.05, 0.1) is 26.4 Å². The van der Waals surface area contributed by atoms with Crippen LogP contribution >= 0.6 is 0 Å². The molecule has 0 aromatic heterocycles. The van der Waals surface area contributed by atoms with Gasteiger partial charge in [-0.15, -0.1) is 0 Å². The summed E-state index contributed by atoms with van der Waals surface area (Å²) >= 11 is 0. The van der Waals surface area contributed by atoms with E-state index in [-0.39, 0.29) is 0 Å². The van der Waals surface area contributed by atoms with Crippen molar-refractivity contribution in [2.45, 2.75) is 0 Å². The topological polar surface area (TPSA) is 71.0 Å². The fraction of sp³-hybridized carbons (Fsp3) is 0.909. The molecule has 0 bridgehead atoms. The molecular formula is C11H20N2O4. The first-order valence-electron chi connectivity index (χ1n) is 6.05. The summed E-state index contributed by atoms with van der Waals surface area (Å²) in [5.41, 5.74) is -0.689. The summed E-state index contributed by atoms with van der Waals surface area (Å²) in [6, 6.07) is 0. The van der Waals surface area contributed by atoms with E-state index in [1.165, 1.54) is 0 Å². The first-order valence-corrected chi connectivity index (χ1v) is 6.05. The molecule has 2 saturated heterocycles. The van der Waals surface area contributed by atoms with Crippen molar-refractivity contribution in [2.24, 2.45) is 5.41 Å². The zero-order valence-electron chi connectivity index (χ0n) is 9.98. The lowest BCUT2D eigenvalue weighted by atomic mass is 9.86. The lowest BCUT2D eigenvalue weighted by Gasteiger charge is -2.37. The molecule has 0 aliphatic carbocycles. The lowest BCUT2D eigenvalue weighted by Crippen LogP contribution is -2.55. The van der Waals surface area contributed by atoms with E-state index in [9.17, 15) is 4.79 Å². The van der Waals surface area contributed by atoms with Crippen LogP contribution in [0.5, 0.6) is 0 Å². The first-order chi connectivity index (χ1) is 8.23. The van der Waals surface area contributed by atoms with Gasteiger partial charge in [0.25, 0.3) is 0 Å². The number of nitrogens with zero attached hydrogens (tertiary/aromatic N) is 1. The number of carboxylic acid groups (broad SMARTS) is 1. The number of nitrogens with one attached hydrogen (secondary N) is 1. The molecule has 0 amide bonds. The average Bonchev–Trinajstić information content (AvgIpc) is 2.27. The highest BCUT2D eigenvalue weighted by Gasteiger charge is 2.45. The van der Waals surface area contributed by atoms with E-state index in [4.69, 9.17) is 14.6 Å². The Morgan fingerprint density at radius 2 is 2.00 bits per heavy atom. The maximum atomic E-state index is 11.1. The molecule has 2 aliphatic heterocycles. The molecule has 0 saturated carbocycles. The largest absolute Gasteiger partial charge is 0.481 e. The molecule has 2 rings (SSSR count). The summed E-state index contributed by atoms with van der Waals surface area (Å²) in [4.78, 5) is 13.4. The molecule has 0 spiro atoms. The van der Waals surface area contributed by atoms with Gasteiger partial charge in [-0.25, -0.2) is 0 Å². The lowest BCUT2D eigenvalue weighted by molar-refractivity contribution is -0.178. The third-order valence-electron chi connectivity index (χ3n) is 3.38. The van der Waals surface area contributed by atoms with Crippen LogP contribution in [0.4, 0.5) is 0 Å². The van der Waals surface area contributed by atoms with Crippen molar-refractivity contribution in [3.63, 3.8) is 0 Å². The SMILES string of the molecule is O=C(O)C1(CNCCN2CCOCC2)COC1. The van der Waals surface area contributed by atoms with Crippen molar-refractivity contribution in [1.82, 2.24) is 10.2 Å². The minimum atomic E-state index is -0.761. The van der Waals surface area contributed by atoms with E-state index in [2.05, 4.69) is 10.2 Å². The molecule has 2 heterocycles. The highest BCUT2D eigenvalue weighted by Crippen LogP contribution is 2.26. The predicted molar refractivity (Wildman–Crippen MR) is 61.0 cm³/mol. The summed E-state index contributed by atoms with van der Waals surface area (Å²) in [6.07, 6.45) is 0. The summed E-state index contributed by atoms with van der Waals surface area (Å²) < 4.78 is 10.3. The van der Waals surface area contributed by atoms with Gasteiger partial charge < -0.3 is 19.9 Å². The van der Waals surface area contributed by atoms with Crippen molar-refractivity contribution < 1.29 is 19.4 Å². The van der Waals surface area contributed by atoms with E-state index >= 15 is 0 Å². The normalized spacial score (nSPS) is 24.2. The summed E-state index contributed by atoms with van der Waals surface area (Å²) in [5, 5.41) is 12.3. The maximum absolute atomic E-state index is 11.1. The van der Waals surface area contributed by atoms with Gasteiger partial charge in [0, 0.05) is 32.7 Å². The quantitative estimate of drug-likeness (QED) is 0.585. The zero-order chi connectivity index (χ0) is 12.1. The fourth-order valence-electron chi connectivity index (χ4n) is 2.04. The molecule has 2 aliphatic rings. The van der Waals surface area contributed by atoms with Gasteiger partial charge in [-0.1, -0.05) is 0 Å². The van der Waals surface area contributed by atoms with Crippen LogP contribution in [0.25, 0.3) is 0 Å². The summed E-state index contributed by atoms with van der Waals surface area (Å²) in [5.74, 6) is -0.761. The minimum absolute atomic E-state index is 0.326. The van der Waals surface area contributed by atoms with Crippen molar-refractivity contribution in [2.75, 3.05) is 59.2 Å². The minimum Gasteiger partial charge on any atom is -0.481 e. The molecule has 0 atom stereocenters. The van der Waals surface area contributed by atoms with Gasteiger partial charge in [-0.2, -0.15) is 0 Å². The Hall–Kier alpha value is -0.690. The van der Waals surface area contributed by atoms with Crippen LogP contribution in [-0.2, 0) is 14.3 Å². The Bertz CT molecular complexity index is 262.